The van der Waals surface area contributed by atoms with Crippen molar-refractivity contribution < 1.29 is 9.26 Å². The first-order chi connectivity index (χ1) is 10.2. The summed E-state index contributed by atoms with van der Waals surface area (Å²) in [5.41, 5.74) is 0. The lowest BCUT2D eigenvalue weighted by Gasteiger charge is -2.14. The normalized spacial score (nSPS) is 19.2. The van der Waals surface area contributed by atoms with Crippen LogP contribution >= 0.6 is 0 Å². The fourth-order valence-corrected chi connectivity index (χ4v) is 2.13. The van der Waals surface area contributed by atoms with E-state index in [2.05, 4.69) is 25.8 Å². The zero-order valence-electron chi connectivity index (χ0n) is 13.1. The Morgan fingerprint density at radius 3 is 2.90 bits per heavy atom. The van der Waals surface area contributed by atoms with Crippen molar-refractivity contribution in [3.05, 3.63) is 11.7 Å². The van der Waals surface area contributed by atoms with Crippen LogP contribution in [-0.4, -0.2) is 48.9 Å². The molecule has 1 saturated heterocycles. The molecule has 1 aliphatic heterocycles. The molecule has 0 bridgehead atoms. The summed E-state index contributed by atoms with van der Waals surface area (Å²) in [6, 6.07) is 0. The molecule has 1 aliphatic rings. The molecule has 7 nitrogen and oxygen atoms in total. The van der Waals surface area contributed by atoms with Crippen molar-refractivity contribution in [2.45, 2.75) is 45.1 Å². The van der Waals surface area contributed by atoms with E-state index >= 15 is 0 Å². The molecule has 1 aromatic rings. The first kappa shape index (κ1) is 15.8. The largest absolute Gasteiger partial charge is 0.376 e. The maximum absolute atomic E-state index is 5.57. The van der Waals surface area contributed by atoms with Gasteiger partial charge in [-0.25, -0.2) is 0 Å². The van der Waals surface area contributed by atoms with E-state index < -0.39 is 0 Å². The topological polar surface area (TPSA) is 84.6 Å². The van der Waals surface area contributed by atoms with Crippen molar-refractivity contribution in [2.75, 3.05) is 26.7 Å². The number of hydrogen-bond donors (Lipinski definition) is 2. The molecule has 0 aliphatic carbocycles. The van der Waals surface area contributed by atoms with Gasteiger partial charge < -0.3 is 19.9 Å². The molecule has 1 unspecified atom stereocenters. The fourth-order valence-electron chi connectivity index (χ4n) is 2.13. The highest BCUT2D eigenvalue weighted by atomic mass is 16.5. The summed E-state index contributed by atoms with van der Waals surface area (Å²) < 4.78 is 10.8. The summed E-state index contributed by atoms with van der Waals surface area (Å²) in [6.07, 6.45) is 3.24. The average Bonchev–Trinajstić information content (AvgIpc) is 3.13. The van der Waals surface area contributed by atoms with Gasteiger partial charge in [0, 0.05) is 39.1 Å². The third-order valence-electron chi connectivity index (χ3n) is 3.38. The molecule has 1 fully saturated rings. The van der Waals surface area contributed by atoms with Crippen molar-refractivity contribution in [1.29, 1.82) is 0 Å². The first-order valence-electron chi connectivity index (χ1n) is 7.57. The highest BCUT2D eigenvalue weighted by Gasteiger charge is 2.15. The van der Waals surface area contributed by atoms with Crippen molar-refractivity contribution in [3.63, 3.8) is 0 Å². The van der Waals surface area contributed by atoms with Gasteiger partial charge in [-0.05, 0) is 12.8 Å². The van der Waals surface area contributed by atoms with Crippen LogP contribution in [0.25, 0.3) is 0 Å². The van der Waals surface area contributed by atoms with Gasteiger partial charge in [-0.15, -0.1) is 0 Å². The van der Waals surface area contributed by atoms with Crippen LogP contribution in [0, 0.1) is 0 Å². The summed E-state index contributed by atoms with van der Waals surface area (Å²) >= 11 is 0. The Balaban J connectivity index is 1.67. The molecule has 2 rings (SSSR count). The quantitative estimate of drug-likeness (QED) is 0.603. The minimum absolute atomic E-state index is 0.288. The van der Waals surface area contributed by atoms with E-state index in [1.165, 1.54) is 0 Å². The molecule has 1 atom stereocenters. The molecule has 0 radical (unpaired) electrons. The van der Waals surface area contributed by atoms with Crippen molar-refractivity contribution in [1.82, 2.24) is 20.8 Å². The second kappa shape index (κ2) is 7.97. The lowest BCUT2D eigenvalue weighted by Crippen LogP contribution is -2.41. The van der Waals surface area contributed by atoms with Gasteiger partial charge in [0.2, 0.25) is 5.89 Å². The minimum Gasteiger partial charge on any atom is -0.376 e. The van der Waals surface area contributed by atoms with Crippen LogP contribution < -0.4 is 10.6 Å². The molecule has 0 saturated carbocycles. The zero-order valence-corrected chi connectivity index (χ0v) is 13.1. The molecule has 0 amide bonds. The van der Waals surface area contributed by atoms with E-state index in [4.69, 9.17) is 9.26 Å². The van der Waals surface area contributed by atoms with Gasteiger partial charge in [-0.1, -0.05) is 19.0 Å². The number of aromatic nitrogens is 2. The van der Waals surface area contributed by atoms with Crippen molar-refractivity contribution in [3.8, 4) is 0 Å². The van der Waals surface area contributed by atoms with Gasteiger partial charge in [0.1, 0.15) is 0 Å². The van der Waals surface area contributed by atoms with E-state index in [9.17, 15) is 0 Å². The van der Waals surface area contributed by atoms with E-state index in [1.807, 2.05) is 13.8 Å². The second-order valence-electron chi connectivity index (χ2n) is 5.47. The molecule has 118 valence electrons. The highest BCUT2D eigenvalue weighted by Crippen LogP contribution is 2.10. The van der Waals surface area contributed by atoms with Crippen LogP contribution in [0.4, 0.5) is 0 Å². The van der Waals surface area contributed by atoms with E-state index in [0.717, 1.165) is 37.8 Å². The van der Waals surface area contributed by atoms with Crippen LogP contribution in [0.3, 0.4) is 0 Å². The van der Waals surface area contributed by atoms with Crippen molar-refractivity contribution >= 4 is 5.96 Å². The number of hydrogen-bond acceptors (Lipinski definition) is 5. The molecule has 0 aromatic carbocycles. The number of rotatable bonds is 6. The fraction of sp³-hybridized carbons (Fsp3) is 0.786. The van der Waals surface area contributed by atoms with Crippen LogP contribution in [0.1, 0.15) is 44.3 Å². The zero-order chi connectivity index (χ0) is 15.1. The molecule has 7 heteroatoms. The molecule has 2 N–H and O–H groups in total. The number of nitrogens with zero attached hydrogens (tertiary/aromatic N) is 3. The van der Waals surface area contributed by atoms with Gasteiger partial charge in [-0.3, -0.25) is 4.99 Å². The van der Waals surface area contributed by atoms with Gasteiger partial charge in [0.15, 0.2) is 11.8 Å². The Morgan fingerprint density at radius 2 is 2.29 bits per heavy atom. The van der Waals surface area contributed by atoms with Gasteiger partial charge >= 0.3 is 0 Å². The van der Waals surface area contributed by atoms with Crippen LogP contribution in [0.5, 0.6) is 0 Å². The summed E-state index contributed by atoms with van der Waals surface area (Å²) in [5.74, 6) is 2.47. The molecular weight excluding hydrogens is 270 g/mol. The Kier molecular flexibility index (Phi) is 5.98. The molecule has 21 heavy (non-hydrogen) atoms. The predicted molar refractivity (Wildman–Crippen MR) is 80.4 cm³/mol. The molecule has 0 spiro atoms. The second-order valence-corrected chi connectivity index (χ2v) is 5.47. The predicted octanol–water partition coefficient (Wildman–Crippen LogP) is 1.08. The SMILES string of the molecule is CN=C(NCCc1nc(C(C)C)no1)NCC1CCCO1. The Morgan fingerprint density at radius 1 is 1.43 bits per heavy atom. The third kappa shape index (κ3) is 5.00. The minimum atomic E-state index is 0.288. The first-order valence-corrected chi connectivity index (χ1v) is 7.57. The smallest absolute Gasteiger partial charge is 0.228 e. The third-order valence-corrected chi connectivity index (χ3v) is 3.38. The maximum atomic E-state index is 5.57. The maximum Gasteiger partial charge on any atom is 0.228 e. The number of aliphatic imine (C=N–C) groups is 1. The Labute approximate surface area is 125 Å². The summed E-state index contributed by atoms with van der Waals surface area (Å²) in [7, 11) is 1.76. The van der Waals surface area contributed by atoms with E-state index in [1.54, 1.807) is 7.05 Å². The van der Waals surface area contributed by atoms with Crippen LogP contribution in [0.15, 0.2) is 9.52 Å². The summed E-state index contributed by atoms with van der Waals surface area (Å²) in [5, 5.41) is 10.5. The molecular formula is C14H25N5O2. The highest BCUT2D eigenvalue weighted by molar-refractivity contribution is 5.79. The molecule has 1 aromatic heterocycles. The van der Waals surface area contributed by atoms with Crippen LogP contribution in [-0.2, 0) is 11.2 Å². The lowest BCUT2D eigenvalue weighted by atomic mass is 10.2. The Bertz CT molecular complexity index is 452. The number of nitrogens with one attached hydrogen (secondary N) is 2. The summed E-state index contributed by atoms with van der Waals surface area (Å²) in [4.78, 5) is 8.53. The number of ether oxygens (including phenoxy) is 1. The van der Waals surface area contributed by atoms with Gasteiger partial charge in [0.05, 0.1) is 6.10 Å². The van der Waals surface area contributed by atoms with E-state index in [0.29, 0.717) is 25.0 Å². The van der Waals surface area contributed by atoms with E-state index in [-0.39, 0.29) is 5.92 Å². The standard InChI is InChI=1S/C14H25N5O2/c1-10(2)13-18-12(21-19-13)6-7-16-14(15-3)17-9-11-5-4-8-20-11/h10-11H,4-9H2,1-3H3,(H2,15,16,17). The van der Waals surface area contributed by atoms with Crippen molar-refractivity contribution in [2.24, 2.45) is 4.99 Å². The average molecular weight is 295 g/mol. The van der Waals surface area contributed by atoms with Crippen LogP contribution in [0.2, 0.25) is 0 Å². The lowest BCUT2D eigenvalue weighted by molar-refractivity contribution is 0.114. The molecule has 2 heterocycles. The monoisotopic (exact) mass is 295 g/mol. The summed E-state index contributed by atoms with van der Waals surface area (Å²) in [6.45, 7) is 6.45. The van der Waals surface area contributed by atoms with Gasteiger partial charge in [-0.2, -0.15) is 4.98 Å². The van der Waals surface area contributed by atoms with Gasteiger partial charge in [0.25, 0.3) is 0 Å². The Hall–Kier alpha value is -1.63. The number of guanidine groups is 1.